The summed E-state index contributed by atoms with van der Waals surface area (Å²) in [6.45, 7) is 0. The lowest BCUT2D eigenvalue weighted by molar-refractivity contribution is -0.175. The van der Waals surface area contributed by atoms with Gasteiger partial charge < -0.3 is 104 Å². The molecule has 3 aromatic rings. The monoisotopic (exact) mass is 1010 g/mol. The first-order valence-electron chi connectivity index (χ1n) is 20.6. The van der Waals surface area contributed by atoms with E-state index in [2.05, 4.69) is 30.6 Å². The molecule has 386 valence electrons. The highest BCUT2D eigenvalue weighted by Gasteiger charge is 2.54. The quantitative estimate of drug-likeness (QED) is 0.0252. The van der Waals surface area contributed by atoms with Crippen LogP contribution in [0.4, 0.5) is 0 Å². The van der Waals surface area contributed by atoms with Crippen molar-refractivity contribution in [2.24, 2.45) is 77.3 Å². The Balaban J connectivity index is 1.67. The van der Waals surface area contributed by atoms with Crippen LogP contribution in [0.3, 0.4) is 0 Å². The average molecular weight is 1010 g/mol. The second-order valence-corrected chi connectivity index (χ2v) is 15.0. The average Bonchev–Trinajstić information content (AvgIpc) is 3.60. The minimum atomic E-state index is -3.04. The highest BCUT2D eigenvalue weighted by atomic mass is 16.4. The molecule has 4 rings (SSSR count). The Morgan fingerprint density at radius 1 is 0.548 bits per heavy atom. The molecule has 28 N–H and O–H groups in total. The maximum Gasteiger partial charge on any atom is 0.336 e. The van der Waals surface area contributed by atoms with E-state index in [9.17, 15) is 58.5 Å². The molecule has 8 unspecified atom stereocenters. The van der Waals surface area contributed by atoms with Crippen LogP contribution in [0.2, 0.25) is 0 Å². The Morgan fingerprint density at radius 2 is 0.959 bits per heavy atom. The van der Waals surface area contributed by atoms with Crippen molar-refractivity contribution >= 4 is 82.4 Å². The van der Waals surface area contributed by atoms with E-state index in [0.717, 1.165) is 18.3 Å². The van der Waals surface area contributed by atoms with Gasteiger partial charge in [-0.2, -0.15) is 0 Å². The van der Waals surface area contributed by atoms with Crippen LogP contribution in [0.15, 0.2) is 111 Å². The number of aliphatic hydroxyl groups is 2. The molecule has 0 aromatic heterocycles. The minimum absolute atomic E-state index is 0.0314. The van der Waals surface area contributed by atoms with Gasteiger partial charge in [-0.15, -0.1) is 0 Å². The minimum Gasteiger partial charge on any atom is -0.478 e. The van der Waals surface area contributed by atoms with Gasteiger partial charge in [-0.3, -0.25) is 38.4 Å². The maximum absolute atomic E-state index is 14.2. The molecule has 1 heterocycles. The normalized spacial score (nSPS) is 16.6. The van der Waals surface area contributed by atoms with Gasteiger partial charge in [0, 0.05) is 17.3 Å². The van der Waals surface area contributed by atoms with E-state index in [1.165, 1.54) is 54.6 Å². The standard InChI is InChI=1S/C41H50N20O12/c42-21(25(43)64)23(62)26(57-37(44)45)53-31(66)28(59-39(48)49)55-33(68)29(60-40(50)51)56-32(67)27(58-38(46)47)54-30(65)22(17-11-5-2-6-12-17)52-34(69)35(70)61-15-19(16-9-3-1-4-10-16)24(63)41(61,73)20-14-8-7-13-18(20)36(71)72/h1-15,21-22,26-29,35,70,73H,42H2,(H2,43,64)(H,52,69)(H,53,66)(H,54,65)(H,55,68)(H,56,67)(H,71,72)(H4,44,45,57)(H4,46,47,58)(H4,48,49,59)(H4,50,51,60). The molecule has 6 amide bonds. The number of aliphatic hydroxyl groups excluding tert-OH is 1. The molecule has 0 saturated carbocycles. The number of nitrogens with one attached hydrogen (secondary N) is 5. The molecular weight excluding hydrogens is 965 g/mol. The number of nitrogens with two attached hydrogens (primary N) is 10. The number of Topliss-reactive ketones (excluding diaryl/α,β-unsaturated/α-hetero) is 2. The summed E-state index contributed by atoms with van der Waals surface area (Å²) in [5.41, 5.74) is 50.0. The van der Waals surface area contributed by atoms with Crippen LogP contribution in [0, 0.1) is 0 Å². The third-order valence-electron chi connectivity index (χ3n) is 9.86. The van der Waals surface area contributed by atoms with Crippen molar-refractivity contribution < 1.29 is 58.5 Å². The topological polar surface area (TPSA) is 587 Å². The third-order valence-corrected chi connectivity index (χ3v) is 9.86. The van der Waals surface area contributed by atoms with Crippen LogP contribution in [-0.2, 0) is 44.1 Å². The van der Waals surface area contributed by atoms with Crippen molar-refractivity contribution in [3.05, 3.63) is 113 Å². The number of aliphatic imine (C=N–C) groups is 4. The van der Waals surface area contributed by atoms with E-state index >= 15 is 0 Å². The summed E-state index contributed by atoms with van der Waals surface area (Å²) in [6.07, 6.45) is -10.5. The van der Waals surface area contributed by atoms with Gasteiger partial charge in [0.05, 0.1) is 5.56 Å². The first kappa shape index (κ1) is 55.4. The zero-order valence-corrected chi connectivity index (χ0v) is 37.7. The summed E-state index contributed by atoms with van der Waals surface area (Å²) in [5, 5.41) is 44.2. The van der Waals surface area contributed by atoms with E-state index in [-0.39, 0.29) is 16.7 Å². The predicted octanol–water partition coefficient (Wildman–Crippen LogP) is -9.12. The van der Waals surface area contributed by atoms with Crippen molar-refractivity contribution in [1.29, 1.82) is 0 Å². The van der Waals surface area contributed by atoms with Crippen LogP contribution >= 0.6 is 0 Å². The number of benzene rings is 3. The Morgan fingerprint density at radius 3 is 1.41 bits per heavy atom. The van der Waals surface area contributed by atoms with Gasteiger partial charge in [-0.1, -0.05) is 78.9 Å². The molecule has 1 aliphatic rings. The Hall–Kier alpha value is -10.2. The molecule has 0 fully saturated rings. The first-order valence-corrected chi connectivity index (χ1v) is 20.6. The summed E-state index contributed by atoms with van der Waals surface area (Å²) in [7, 11) is 0. The van der Waals surface area contributed by atoms with Gasteiger partial charge in [0.2, 0.25) is 53.8 Å². The molecule has 0 spiro atoms. The highest BCUT2D eigenvalue weighted by Crippen LogP contribution is 2.42. The predicted molar refractivity (Wildman–Crippen MR) is 255 cm³/mol. The largest absolute Gasteiger partial charge is 0.478 e. The molecule has 8 atom stereocenters. The van der Waals surface area contributed by atoms with E-state index in [4.69, 9.17) is 57.3 Å². The SMILES string of the molecule is NC(=O)C(N)C(=O)C(N=C(N)N)NC(=O)C(N=C(N)N)NC(=O)C(N=C(N)N)NC(=O)C(N=C(N)N)NC(=O)C(NC(=O)C(O)N1C=C(c2ccccc2)C(=O)C1(O)c1ccccc1C(=O)O)c1ccccc1. The van der Waals surface area contributed by atoms with E-state index < -0.39 is 137 Å². The van der Waals surface area contributed by atoms with E-state index in [1.807, 2.05) is 16.0 Å². The highest BCUT2D eigenvalue weighted by molar-refractivity contribution is 6.27. The number of aromatic carboxylic acids is 1. The van der Waals surface area contributed by atoms with Crippen LogP contribution in [0.25, 0.3) is 5.57 Å². The molecule has 73 heavy (non-hydrogen) atoms. The number of carboxylic acid groups (broad SMARTS) is 1. The molecule has 0 bridgehead atoms. The van der Waals surface area contributed by atoms with Gasteiger partial charge >= 0.3 is 5.97 Å². The summed E-state index contributed by atoms with van der Waals surface area (Å²) in [4.78, 5) is 135. The Kier molecular flexibility index (Phi) is 18.1. The number of rotatable bonds is 22. The fraction of sp³-hybridized carbons (Fsp3) is 0.195. The summed E-state index contributed by atoms with van der Waals surface area (Å²) >= 11 is 0. The van der Waals surface area contributed by atoms with Crippen molar-refractivity contribution in [3.8, 4) is 0 Å². The molecule has 32 heteroatoms. The smallest absolute Gasteiger partial charge is 0.336 e. The molecular formula is C41H50N20O12. The number of hydrogen-bond donors (Lipinski definition) is 18. The second kappa shape index (κ2) is 23.9. The van der Waals surface area contributed by atoms with Crippen LogP contribution in [0.5, 0.6) is 0 Å². The summed E-state index contributed by atoms with van der Waals surface area (Å²) in [6, 6.07) is 15.5. The lowest BCUT2D eigenvalue weighted by Gasteiger charge is -2.37. The van der Waals surface area contributed by atoms with Crippen LogP contribution in [-0.4, -0.2) is 134 Å². The lowest BCUT2D eigenvalue weighted by atomic mass is 9.89. The van der Waals surface area contributed by atoms with Crippen molar-refractivity contribution in [3.63, 3.8) is 0 Å². The van der Waals surface area contributed by atoms with Crippen molar-refractivity contribution in [1.82, 2.24) is 31.5 Å². The Labute approximate surface area is 411 Å². The fourth-order valence-corrected chi connectivity index (χ4v) is 6.59. The summed E-state index contributed by atoms with van der Waals surface area (Å²) in [5.74, 6) is -16.0. The Bertz CT molecular complexity index is 2790. The molecule has 0 saturated heterocycles. The summed E-state index contributed by atoms with van der Waals surface area (Å²) < 4.78 is 0. The molecule has 0 aliphatic carbocycles. The number of nitrogens with zero attached hydrogens (tertiary/aromatic N) is 5. The number of carbonyl (C=O) groups excluding carboxylic acids is 8. The third kappa shape index (κ3) is 13.7. The zero-order valence-electron chi connectivity index (χ0n) is 37.7. The van der Waals surface area contributed by atoms with Crippen LogP contribution in [0.1, 0.15) is 33.1 Å². The van der Waals surface area contributed by atoms with Gasteiger partial charge in [0.15, 0.2) is 30.0 Å². The number of carbonyl (C=O) groups is 9. The zero-order chi connectivity index (χ0) is 54.5. The number of guanidine groups is 4. The number of primary amides is 1. The molecule has 0 radical (unpaired) electrons. The molecule has 32 nitrogen and oxygen atoms in total. The van der Waals surface area contributed by atoms with Crippen molar-refractivity contribution in [2.45, 2.75) is 48.7 Å². The van der Waals surface area contributed by atoms with Crippen molar-refractivity contribution in [2.75, 3.05) is 0 Å². The van der Waals surface area contributed by atoms with E-state index in [1.54, 1.807) is 18.2 Å². The maximum atomic E-state index is 14.2. The van der Waals surface area contributed by atoms with Gasteiger partial charge in [0.25, 0.3) is 23.6 Å². The number of carboxylic acids is 1. The van der Waals surface area contributed by atoms with Crippen LogP contribution < -0.4 is 83.9 Å². The second-order valence-electron chi connectivity index (χ2n) is 15.0. The molecule has 3 aromatic carbocycles. The number of amides is 6. The first-order chi connectivity index (χ1) is 34.3. The van der Waals surface area contributed by atoms with E-state index in [0.29, 0.717) is 4.90 Å². The lowest BCUT2D eigenvalue weighted by Crippen LogP contribution is -2.59. The van der Waals surface area contributed by atoms with Gasteiger partial charge in [0.1, 0.15) is 12.1 Å². The number of hydrogen-bond acceptors (Lipinski definition) is 17. The fourth-order valence-electron chi connectivity index (χ4n) is 6.59. The van der Waals surface area contributed by atoms with Gasteiger partial charge in [-0.05, 0) is 17.2 Å². The molecule has 1 aliphatic heterocycles. The van der Waals surface area contributed by atoms with Gasteiger partial charge in [-0.25, -0.2) is 24.8 Å². The number of ketones is 2.